The molecule has 6 unspecified atom stereocenters. The molecule has 3 saturated carbocycles. The van der Waals surface area contributed by atoms with Crippen molar-refractivity contribution in [3.8, 4) is 0 Å². The second-order valence-corrected chi connectivity index (χ2v) is 7.33. The van der Waals surface area contributed by atoms with E-state index in [9.17, 15) is 0 Å². The molecule has 0 aromatic heterocycles. The van der Waals surface area contributed by atoms with Gasteiger partial charge in [0, 0.05) is 6.61 Å². The zero-order valence-corrected chi connectivity index (χ0v) is 12.8. The Morgan fingerprint density at radius 3 is 2.58 bits per heavy atom. The van der Waals surface area contributed by atoms with Crippen molar-refractivity contribution < 1.29 is 9.47 Å². The first-order chi connectivity index (χ1) is 9.15. The third kappa shape index (κ3) is 2.85. The molecule has 6 atom stereocenters. The van der Waals surface area contributed by atoms with E-state index in [1.807, 2.05) is 6.92 Å². The predicted molar refractivity (Wildman–Crippen MR) is 76.8 cm³/mol. The minimum Gasteiger partial charge on any atom is -0.353 e. The van der Waals surface area contributed by atoms with Gasteiger partial charge in [-0.2, -0.15) is 0 Å². The number of hydrogen-bond donors (Lipinski definition) is 0. The van der Waals surface area contributed by atoms with Gasteiger partial charge >= 0.3 is 0 Å². The average Bonchev–Trinajstić information content (AvgIpc) is 2.99. The molecular weight excluding hydrogens is 236 g/mol. The van der Waals surface area contributed by atoms with E-state index in [1.54, 1.807) is 0 Å². The smallest absolute Gasteiger partial charge is 0.155 e. The molecule has 2 nitrogen and oxygen atoms in total. The van der Waals surface area contributed by atoms with Crippen molar-refractivity contribution in [1.82, 2.24) is 0 Å². The van der Waals surface area contributed by atoms with Gasteiger partial charge in [-0.1, -0.05) is 6.42 Å². The summed E-state index contributed by atoms with van der Waals surface area (Å²) in [6.45, 7) is 7.04. The van der Waals surface area contributed by atoms with Gasteiger partial charge in [0.2, 0.25) is 0 Å². The topological polar surface area (TPSA) is 18.5 Å². The molecule has 19 heavy (non-hydrogen) atoms. The average molecular weight is 266 g/mol. The Kier molecular flexibility index (Phi) is 4.19. The molecule has 2 bridgehead atoms. The second-order valence-electron chi connectivity index (χ2n) is 7.33. The molecule has 0 amide bonds. The fraction of sp³-hybridized carbons (Fsp3) is 1.00. The van der Waals surface area contributed by atoms with Crippen molar-refractivity contribution in [2.45, 2.75) is 71.7 Å². The number of rotatable bonds is 6. The molecule has 0 heterocycles. The fourth-order valence-electron chi connectivity index (χ4n) is 5.35. The molecule has 2 heteroatoms. The Bertz CT molecular complexity index is 302. The summed E-state index contributed by atoms with van der Waals surface area (Å²) in [4.78, 5) is 0. The lowest BCUT2D eigenvalue weighted by Crippen LogP contribution is -2.26. The van der Waals surface area contributed by atoms with Crippen LogP contribution in [0.15, 0.2) is 0 Å². The van der Waals surface area contributed by atoms with Crippen LogP contribution in [0.4, 0.5) is 0 Å². The summed E-state index contributed by atoms with van der Waals surface area (Å²) in [6.07, 6.45) is 9.08. The maximum absolute atomic E-state index is 5.81. The molecule has 3 rings (SSSR count). The first-order valence-electron chi connectivity index (χ1n) is 8.42. The largest absolute Gasteiger partial charge is 0.353 e. The molecule has 0 N–H and O–H groups in total. The zero-order valence-electron chi connectivity index (χ0n) is 12.8. The number of ether oxygens (including phenoxy) is 2. The summed E-state index contributed by atoms with van der Waals surface area (Å²) in [6, 6.07) is 0. The van der Waals surface area contributed by atoms with Crippen LogP contribution < -0.4 is 0 Å². The summed E-state index contributed by atoms with van der Waals surface area (Å²) in [5.74, 6) is 5.28. The van der Waals surface area contributed by atoms with Crippen molar-refractivity contribution in [1.29, 1.82) is 0 Å². The summed E-state index contributed by atoms with van der Waals surface area (Å²) >= 11 is 0. The molecule has 3 fully saturated rings. The molecule has 0 aromatic carbocycles. The van der Waals surface area contributed by atoms with E-state index in [-0.39, 0.29) is 12.4 Å². The highest BCUT2D eigenvalue weighted by atomic mass is 16.7. The van der Waals surface area contributed by atoms with Crippen LogP contribution in [0.3, 0.4) is 0 Å². The van der Waals surface area contributed by atoms with E-state index in [1.165, 1.54) is 38.5 Å². The van der Waals surface area contributed by atoms with E-state index in [2.05, 4.69) is 13.8 Å². The molecule has 110 valence electrons. The SMILES string of the molecule is CC(C)OC(C)OCCC1CC2CC1C1CCCC21. The van der Waals surface area contributed by atoms with Crippen LogP contribution in [0, 0.1) is 29.6 Å². The highest BCUT2D eigenvalue weighted by Crippen LogP contribution is 2.61. The summed E-state index contributed by atoms with van der Waals surface area (Å²) in [7, 11) is 0. The van der Waals surface area contributed by atoms with Crippen LogP contribution in [0.5, 0.6) is 0 Å². The van der Waals surface area contributed by atoms with Crippen LogP contribution in [0.1, 0.15) is 59.3 Å². The lowest BCUT2D eigenvalue weighted by molar-refractivity contribution is -0.154. The maximum atomic E-state index is 5.81. The maximum Gasteiger partial charge on any atom is 0.155 e. The van der Waals surface area contributed by atoms with Crippen LogP contribution in [0.2, 0.25) is 0 Å². The third-order valence-corrected chi connectivity index (χ3v) is 5.87. The Balaban J connectivity index is 1.40. The minimum atomic E-state index is -0.0437. The van der Waals surface area contributed by atoms with Crippen molar-refractivity contribution in [3.63, 3.8) is 0 Å². The Hall–Kier alpha value is -0.0800. The van der Waals surface area contributed by atoms with Gasteiger partial charge < -0.3 is 9.47 Å². The minimum absolute atomic E-state index is 0.0437. The van der Waals surface area contributed by atoms with E-state index in [0.717, 1.165) is 36.2 Å². The Morgan fingerprint density at radius 1 is 1.00 bits per heavy atom. The van der Waals surface area contributed by atoms with Crippen LogP contribution in [0.25, 0.3) is 0 Å². The third-order valence-electron chi connectivity index (χ3n) is 5.87. The predicted octanol–water partition coefficient (Wildman–Crippen LogP) is 4.24. The van der Waals surface area contributed by atoms with Gasteiger partial charge in [-0.15, -0.1) is 0 Å². The van der Waals surface area contributed by atoms with Crippen molar-refractivity contribution in [3.05, 3.63) is 0 Å². The molecule has 0 aromatic rings. The molecule has 0 saturated heterocycles. The van der Waals surface area contributed by atoms with E-state index >= 15 is 0 Å². The van der Waals surface area contributed by atoms with Gasteiger partial charge in [-0.05, 0) is 82.5 Å². The van der Waals surface area contributed by atoms with Crippen LogP contribution >= 0.6 is 0 Å². The van der Waals surface area contributed by atoms with Gasteiger partial charge in [0.05, 0.1) is 6.10 Å². The van der Waals surface area contributed by atoms with E-state index in [0.29, 0.717) is 0 Å². The highest BCUT2D eigenvalue weighted by molar-refractivity contribution is 5.02. The highest BCUT2D eigenvalue weighted by Gasteiger charge is 2.53. The second kappa shape index (κ2) is 5.73. The summed E-state index contributed by atoms with van der Waals surface area (Å²) in [5, 5.41) is 0. The first-order valence-corrected chi connectivity index (χ1v) is 8.42. The number of fused-ring (bicyclic) bond motifs is 5. The monoisotopic (exact) mass is 266 g/mol. The Labute approximate surface area is 118 Å². The molecule has 3 aliphatic rings. The normalized spacial score (nSPS) is 42.0. The molecule has 0 radical (unpaired) electrons. The van der Waals surface area contributed by atoms with Crippen molar-refractivity contribution in [2.24, 2.45) is 29.6 Å². The quantitative estimate of drug-likeness (QED) is 0.670. The van der Waals surface area contributed by atoms with Crippen LogP contribution in [-0.4, -0.2) is 19.0 Å². The van der Waals surface area contributed by atoms with E-state index < -0.39 is 0 Å². The lowest BCUT2D eigenvalue weighted by atomic mass is 9.75. The van der Waals surface area contributed by atoms with Crippen molar-refractivity contribution >= 4 is 0 Å². The standard InChI is InChI=1S/C17H30O2/c1-11(2)19-12(3)18-8-7-13-9-14-10-17(13)16-6-4-5-15(14)16/h11-17H,4-10H2,1-3H3. The zero-order chi connectivity index (χ0) is 13.4. The summed E-state index contributed by atoms with van der Waals surface area (Å²) in [5.41, 5.74) is 0. The molecule has 0 spiro atoms. The van der Waals surface area contributed by atoms with Gasteiger partial charge in [-0.25, -0.2) is 0 Å². The van der Waals surface area contributed by atoms with E-state index in [4.69, 9.17) is 9.47 Å². The van der Waals surface area contributed by atoms with Gasteiger partial charge in [0.25, 0.3) is 0 Å². The Morgan fingerprint density at radius 2 is 1.79 bits per heavy atom. The van der Waals surface area contributed by atoms with Gasteiger partial charge in [-0.3, -0.25) is 0 Å². The molecule has 0 aliphatic heterocycles. The summed E-state index contributed by atoms with van der Waals surface area (Å²) < 4.78 is 11.4. The fourth-order valence-corrected chi connectivity index (χ4v) is 5.35. The van der Waals surface area contributed by atoms with Crippen molar-refractivity contribution in [2.75, 3.05) is 6.61 Å². The first kappa shape index (κ1) is 13.9. The molecular formula is C17H30O2. The lowest BCUT2D eigenvalue weighted by Gasteiger charge is -2.31. The van der Waals surface area contributed by atoms with Gasteiger partial charge in [0.15, 0.2) is 6.29 Å². The van der Waals surface area contributed by atoms with Gasteiger partial charge in [0.1, 0.15) is 0 Å². The van der Waals surface area contributed by atoms with Crippen LogP contribution in [-0.2, 0) is 9.47 Å². The molecule has 3 aliphatic carbocycles. The number of hydrogen-bond acceptors (Lipinski definition) is 2.